The van der Waals surface area contributed by atoms with Crippen molar-refractivity contribution >= 4 is 23.1 Å². The van der Waals surface area contributed by atoms with Gasteiger partial charge < -0.3 is 4.74 Å². The smallest absolute Gasteiger partial charge is 0.351 e. The maximum absolute atomic E-state index is 13.1. The molecule has 1 aromatic heterocycles. The zero-order valence-electron chi connectivity index (χ0n) is 16.3. The van der Waals surface area contributed by atoms with E-state index in [2.05, 4.69) is 4.98 Å². The van der Waals surface area contributed by atoms with E-state index in [1.165, 1.54) is 11.3 Å². The summed E-state index contributed by atoms with van der Waals surface area (Å²) in [6.45, 7) is 1.77. The maximum Gasteiger partial charge on any atom is 0.351 e. The number of carbonyl (C=O) groups is 2. The lowest BCUT2D eigenvalue weighted by Gasteiger charge is -2.17. The van der Waals surface area contributed by atoms with Crippen molar-refractivity contribution in [1.82, 2.24) is 4.98 Å². The lowest BCUT2D eigenvalue weighted by molar-refractivity contribution is 0.0284. The van der Waals surface area contributed by atoms with Gasteiger partial charge in [-0.05, 0) is 6.92 Å². The largest absolute Gasteiger partial charge is 0.445 e. The molecule has 0 saturated heterocycles. The maximum atomic E-state index is 13.1. The molecule has 0 amide bonds. The number of hydrogen-bond donors (Lipinski definition) is 0. The zero-order valence-corrected chi connectivity index (χ0v) is 17.1. The molecule has 30 heavy (non-hydrogen) atoms. The van der Waals surface area contributed by atoms with Gasteiger partial charge in [-0.15, -0.1) is 11.3 Å². The molecule has 4 nitrogen and oxygen atoms in total. The van der Waals surface area contributed by atoms with Gasteiger partial charge in [-0.1, -0.05) is 91.0 Å². The van der Waals surface area contributed by atoms with Crippen LogP contribution < -0.4 is 0 Å². The molecule has 4 rings (SSSR count). The first-order valence-corrected chi connectivity index (χ1v) is 10.3. The van der Waals surface area contributed by atoms with Crippen LogP contribution in [0.5, 0.6) is 0 Å². The van der Waals surface area contributed by atoms with Crippen molar-refractivity contribution in [3.05, 3.63) is 113 Å². The van der Waals surface area contributed by atoms with E-state index in [0.29, 0.717) is 21.7 Å². The topological polar surface area (TPSA) is 56.3 Å². The third-order valence-corrected chi connectivity index (χ3v) is 5.81. The summed E-state index contributed by atoms with van der Waals surface area (Å²) in [4.78, 5) is 31.1. The van der Waals surface area contributed by atoms with Crippen molar-refractivity contribution in [3.8, 4) is 10.6 Å². The monoisotopic (exact) mass is 413 g/mol. The normalized spacial score (nSPS) is 11.6. The molecule has 0 aliphatic rings. The summed E-state index contributed by atoms with van der Waals surface area (Å²) in [5.74, 6) is -0.814. The highest BCUT2D eigenvalue weighted by atomic mass is 32.1. The average molecular weight is 413 g/mol. The number of esters is 1. The zero-order chi connectivity index (χ0) is 20.9. The molecule has 5 heteroatoms. The number of aromatic nitrogens is 1. The number of Topliss-reactive ketones (excluding diaryl/α,β-unsaturated/α-hetero) is 1. The number of nitrogens with zero attached hydrogens (tertiary/aromatic N) is 1. The van der Waals surface area contributed by atoms with Crippen molar-refractivity contribution in [1.29, 1.82) is 0 Å². The molecule has 0 fully saturated rings. The second-order valence-electron chi connectivity index (χ2n) is 6.73. The minimum Gasteiger partial charge on any atom is -0.445 e. The van der Waals surface area contributed by atoms with Gasteiger partial charge in [0.05, 0.1) is 5.69 Å². The molecule has 0 spiro atoms. The predicted octanol–water partition coefficient (Wildman–Crippen LogP) is 5.90. The molecular formula is C25H19NO3S. The SMILES string of the molecule is Cc1nc(-c2ccccc2)sc1C(=O)OC(C(=O)c1ccccc1)c1ccccc1. The summed E-state index contributed by atoms with van der Waals surface area (Å²) in [5, 5.41) is 0.741. The first-order chi connectivity index (χ1) is 14.6. The molecule has 4 aromatic rings. The van der Waals surface area contributed by atoms with Gasteiger partial charge in [0.1, 0.15) is 9.88 Å². The highest BCUT2D eigenvalue weighted by molar-refractivity contribution is 7.17. The Bertz CT molecular complexity index is 1160. The molecule has 0 saturated carbocycles. The first-order valence-electron chi connectivity index (χ1n) is 9.51. The van der Waals surface area contributed by atoms with Gasteiger partial charge in [-0.3, -0.25) is 4.79 Å². The van der Waals surface area contributed by atoms with Crippen molar-refractivity contribution in [2.45, 2.75) is 13.0 Å². The molecule has 0 aliphatic carbocycles. The Morgan fingerprint density at radius 2 is 1.40 bits per heavy atom. The molecule has 148 valence electrons. The van der Waals surface area contributed by atoms with Crippen LogP contribution in [0.25, 0.3) is 10.6 Å². The van der Waals surface area contributed by atoms with Crippen molar-refractivity contribution in [2.75, 3.05) is 0 Å². The van der Waals surface area contributed by atoms with E-state index in [0.717, 1.165) is 10.6 Å². The highest BCUT2D eigenvalue weighted by Crippen LogP contribution is 2.30. The molecule has 0 radical (unpaired) electrons. The van der Waals surface area contributed by atoms with E-state index in [9.17, 15) is 9.59 Å². The van der Waals surface area contributed by atoms with Crippen molar-refractivity contribution in [2.24, 2.45) is 0 Å². The number of rotatable bonds is 6. The number of ketones is 1. The van der Waals surface area contributed by atoms with Crippen LogP contribution in [-0.4, -0.2) is 16.7 Å². The van der Waals surface area contributed by atoms with Gasteiger partial charge in [0, 0.05) is 16.7 Å². The molecule has 0 aliphatic heterocycles. The number of aryl methyl sites for hydroxylation is 1. The van der Waals surface area contributed by atoms with E-state index >= 15 is 0 Å². The minimum atomic E-state index is -1.03. The molecule has 1 unspecified atom stereocenters. The molecule has 3 aromatic carbocycles. The number of carbonyl (C=O) groups excluding carboxylic acids is 2. The molecule has 1 atom stereocenters. The molecule has 0 N–H and O–H groups in total. The summed E-state index contributed by atoms with van der Waals surface area (Å²) in [6, 6.07) is 27.6. The van der Waals surface area contributed by atoms with E-state index in [4.69, 9.17) is 4.74 Å². The lowest BCUT2D eigenvalue weighted by Crippen LogP contribution is -2.20. The Kier molecular flexibility index (Phi) is 5.82. The van der Waals surface area contributed by atoms with Gasteiger partial charge in [-0.2, -0.15) is 0 Å². The van der Waals surface area contributed by atoms with Crippen LogP contribution in [0.3, 0.4) is 0 Å². The van der Waals surface area contributed by atoms with Crippen molar-refractivity contribution in [3.63, 3.8) is 0 Å². The van der Waals surface area contributed by atoms with Gasteiger partial charge in [0.25, 0.3) is 0 Å². The third kappa shape index (κ3) is 4.21. The first kappa shape index (κ1) is 19.7. The van der Waals surface area contributed by atoms with Gasteiger partial charge in [0.15, 0.2) is 6.10 Å². The van der Waals surface area contributed by atoms with Crippen LogP contribution in [0.15, 0.2) is 91.0 Å². The Morgan fingerprint density at radius 1 is 0.833 bits per heavy atom. The predicted molar refractivity (Wildman–Crippen MR) is 118 cm³/mol. The second-order valence-corrected chi connectivity index (χ2v) is 7.72. The summed E-state index contributed by atoms with van der Waals surface area (Å²) in [7, 11) is 0. The summed E-state index contributed by atoms with van der Waals surface area (Å²) < 4.78 is 5.75. The number of ether oxygens (including phenoxy) is 1. The fraction of sp³-hybridized carbons (Fsp3) is 0.0800. The molecule has 1 heterocycles. The average Bonchev–Trinajstić information content (AvgIpc) is 3.20. The number of thiazole rings is 1. The van der Waals surface area contributed by atoms with E-state index < -0.39 is 12.1 Å². The Labute approximate surface area is 178 Å². The second kappa shape index (κ2) is 8.84. The fourth-order valence-corrected chi connectivity index (χ4v) is 4.06. The van der Waals surface area contributed by atoms with E-state index in [1.54, 1.807) is 43.3 Å². The van der Waals surface area contributed by atoms with Gasteiger partial charge >= 0.3 is 5.97 Å². The summed E-state index contributed by atoms with van der Waals surface area (Å²) in [5.41, 5.74) is 2.64. The number of benzene rings is 3. The standard InChI is InChI=1S/C25H19NO3S/c1-17-23(30-24(26-17)20-15-9-4-10-16-20)25(28)29-22(19-13-7-3-8-14-19)21(27)18-11-5-2-6-12-18/h2-16,22H,1H3. The van der Waals surface area contributed by atoms with E-state index in [1.807, 2.05) is 54.6 Å². The summed E-state index contributed by atoms with van der Waals surface area (Å²) in [6.07, 6.45) is -1.03. The van der Waals surface area contributed by atoms with Crippen LogP contribution in [0, 0.1) is 6.92 Å². The van der Waals surface area contributed by atoms with Gasteiger partial charge in [-0.25, -0.2) is 9.78 Å². The molecular weight excluding hydrogens is 394 g/mol. The van der Waals surface area contributed by atoms with Crippen LogP contribution in [0.4, 0.5) is 0 Å². The van der Waals surface area contributed by atoms with Crippen LogP contribution in [0.1, 0.15) is 37.4 Å². The fourth-order valence-electron chi connectivity index (χ4n) is 3.11. The van der Waals surface area contributed by atoms with Crippen LogP contribution in [-0.2, 0) is 4.74 Å². The molecule has 0 bridgehead atoms. The quantitative estimate of drug-likeness (QED) is 0.292. The van der Waals surface area contributed by atoms with Crippen LogP contribution in [0.2, 0.25) is 0 Å². The van der Waals surface area contributed by atoms with Crippen molar-refractivity contribution < 1.29 is 14.3 Å². The Balaban J connectivity index is 1.64. The Hall–Kier alpha value is -3.57. The third-order valence-electron chi connectivity index (χ3n) is 4.63. The van der Waals surface area contributed by atoms with Gasteiger partial charge in [0.2, 0.25) is 5.78 Å². The highest BCUT2D eigenvalue weighted by Gasteiger charge is 2.28. The van der Waals surface area contributed by atoms with Crippen LogP contribution >= 0.6 is 11.3 Å². The number of hydrogen-bond acceptors (Lipinski definition) is 5. The lowest BCUT2D eigenvalue weighted by atomic mass is 10.00. The van der Waals surface area contributed by atoms with E-state index in [-0.39, 0.29) is 5.78 Å². The summed E-state index contributed by atoms with van der Waals surface area (Å²) >= 11 is 1.27. The Morgan fingerprint density at radius 3 is 2.03 bits per heavy atom. The minimum absolute atomic E-state index is 0.263.